The zero-order chi connectivity index (χ0) is 23.9. The highest BCUT2D eigenvalue weighted by molar-refractivity contribution is 6.31. The summed E-state index contributed by atoms with van der Waals surface area (Å²) >= 11 is 6.16. The molecule has 4 rings (SSSR count). The third kappa shape index (κ3) is 4.00. The Morgan fingerprint density at radius 2 is 1.67 bits per heavy atom. The number of rotatable bonds is 4. The third-order valence-corrected chi connectivity index (χ3v) is 6.15. The van der Waals surface area contributed by atoms with Crippen molar-refractivity contribution in [2.45, 2.75) is 27.7 Å². The van der Waals surface area contributed by atoms with E-state index in [0.29, 0.717) is 22.0 Å². The minimum atomic E-state index is -0.552. The Morgan fingerprint density at radius 3 is 2.30 bits per heavy atom. The molecule has 5 nitrogen and oxygen atoms in total. The molecule has 1 aromatic heterocycles. The Labute approximate surface area is 198 Å². The average molecular weight is 461 g/mol. The van der Waals surface area contributed by atoms with Crippen molar-refractivity contribution < 1.29 is 14.3 Å². The van der Waals surface area contributed by atoms with E-state index in [4.69, 9.17) is 16.3 Å². The van der Waals surface area contributed by atoms with E-state index in [9.17, 15) is 9.59 Å². The van der Waals surface area contributed by atoms with Gasteiger partial charge in [0.15, 0.2) is 0 Å². The Kier molecular flexibility index (Phi) is 6.00. The van der Waals surface area contributed by atoms with E-state index in [-0.39, 0.29) is 11.5 Å². The Hall–Kier alpha value is -3.57. The second-order valence-corrected chi connectivity index (χ2v) is 8.56. The molecule has 1 aliphatic rings. The van der Waals surface area contributed by atoms with Crippen LogP contribution in [0.25, 0.3) is 11.8 Å². The number of halogens is 1. The Balaban J connectivity index is 1.85. The second-order valence-electron chi connectivity index (χ2n) is 8.13. The first-order valence-electron chi connectivity index (χ1n) is 10.6. The number of hydrogen-bond acceptors (Lipinski definition) is 3. The molecule has 33 heavy (non-hydrogen) atoms. The topological polar surface area (TPSA) is 51.5 Å². The smallest absolute Gasteiger partial charge is 0.340 e. The first-order chi connectivity index (χ1) is 15.7. The van der Waals surface area contributed by atoms with Gasteiger partial charge in [-0.25, -0.2) is 4.79 Å². The quantitative estimate of drug-likeness (QED) is 0.358. The number of esters is 1. The summed E-state index contributed by atoms with van der Waals surface area (Å²) in [5, 5.41) is 0.506. The van der Waals surface area contributed by atoms with Crippen molar-refractivity contribution >= 4 is 35.2 Å². The maximum Gasteiger partial charge on any atom is 0.340 e. The van der Waals surface area contributed by atoms with Crippen LogP contribution in [0.1, 0.15) is 29.4 Å². The van der Waals surface area contributed by atoms with Crippen LogP contribution in [0.5, 0.6) is 0 Å². The highest BCUT2D eigenvalue weighted by Gasteiger charge is 2.38. The third-order valence-electron chi connectivity index (χ3n) is 5.92. The van der Waals surface area contributed by atoms with Gasteiger partial charge in [0.05, 0.1) is 23.9 Å². The van der Waals surface area contributed by atoms with E-state index in [1.807, 2.05) is 19.9 Å². The molecule has 1 amide bonds. The van der Waals surface area contributed by atoms with Crippen molar-refractivity contribution in [1.29, 1.82) is 0 Å². The molecule has 0 fully saturated rings. The van der Waals surface area contributed by atoms with Crippen molar-refractivity contribution in [3.63, 3.8) is 0 Å². The molecule has 168 valence electrons. The van der Waals surface area contributed by atoms with Crippen molar-refractivity contribution in [3.05, 3.63) is 99.0 Å². The average Bonchev–Trinajstić information content (AvgIpc) is 3.20. The van der Waals surface area contributed by atoms with Gasteiger partial charge in [-0.15, -0.1) is 0 Å². The fourth-order valence-corrected chi connectivity index (χ4v) is 4.47. The molecule has 1 aliphatic heterocycles. The number of methoxy groups -OCH3 is 1. The van der Waals surface area contributed by atoms with Gasteiger partial charge in [0.2, 0.25) is 0 Å². The first-order valence-corrected chi connectivity index (χ1v) is 11.0. The monoisotopic (exact) mass is 460 g/mol. The molecular formula is C27H25ClN2O3. The number of carbonyl (C=O) groups is 2. The van der Waals surface area contributed by atoms with Crippen LogP contribution in [-0.2, 0) is 14.3 Å². The fourth-order valence-electron chi connectivity index (χ4n) is 4.29. The van der Waals surface area contributed by atoms with Crippen LogP contribution < -0.4 is 4.90 Å². The standard InChI is InChI=1S/C27H25ClN2O3/c1-16-9-11-22(12-10-16)29-17(2)13-20(18(29)3)14-24-25(27(32)33-5)19(4)30(26(24)31)23-8-6-7-21(28)15-23/h6-15H,1-5H3/b24-14-. The number of allylic oxidation sites excluding steroid dienone is 1. The van der Waals surface area contributed by atoms with E-state index < -0.39 is 5.97 Å². The zero-order valence-electron chi connectivity index (χ0n) is 19.3. The van der Waals surface area contributed by atoms with Crippen LogP contribution in [0.2, 0.25) is 5.02 Å². The molecule has 0 spiro atoms. The number of aryl methyl sites for hydroxylation is 2. The van der Waals surface area contributed by atoms with Crippen LogP contribution in [0, 0.1) is 20.8 Å². The van der Waals surface area contributed by atoms with Crippen LogP contribution in [0.3, 0.4) is 0 Å². The lowest BCUT2D eigenvalue weighted by atomic mass is 10.0. The molecule has 6 heteroatoms. The Morgan fingerprint density at radius 1 is 0.970 bits per heavy atom. The van der Waals surface area contributed by atoms with Gasteiger partial charge < -0.3 is 9.30 Å². The Bertz CT molecular complexity index is 1330. The minimum absolute atomic E-state index is 0.252. The number of benzene rings is 2. The maximum absolute atomic E-state index is 13.5. The maximum atomic E-state index is 13.5. The van der Waals surface area contributed by atoms with Gasteiger partial charge in [-0.3, -0.25) is 9.69 Å². The molecule has 0 saturated carbocycles. The number of hydrogen-bond donors (Lipinski definition) is 0. The van der Waals surface area contributed by atoms with Crippen LogP contribution >= 0.6 is 11.6 Å². The number of nitrogens with zero attached hydrogens (tertiary/aromatic N) is 2. The molecule has 0 N–H and O–H groups in total. The summed E-state index contributed by atoms with van der Waals surface area (Å²) in [6, 6.07) is 17.3. The molecule has 2 aromatic carbocycles. The van der Waals surface area contributed by atoms with Crippen LogP contribution in [0.4, 0.5) is 5.69 Å². The van der Waals surface area contributed by atoms with E-state index in [1.165, 1.54) is 17.6 Å². The molecule has 0 atom stereocenters. The predicted octanol–water partition coefficient (Wildman–Crippen LogP) is 5.93. The predicted molar refractivity (Wildman–Crippen MR) is 132 cm³/mol. The van der Waals surface area contributed by atoms with Crippen molar-refractivity contribution in [1.82, 2.24) is 4.57 Å². The highest BCUT2D eigenvalue weighted by Crippen LogP contribution is 2.37. The summed E-state index contributed by atoms with van der Waals surface area (Å²) in [6.07, 6.45) is 1.77. The number of anilines is 1. The van der Waals surface area contributed by atoms with Gasteiger partial charge in [0.25, 0.3) is 5.91 Å². The van der Waals surface area contributed by atoms with Crippen LogP contribution in [-0.4, -0.2) is 23.6 Å². The van der Waals surface area contributed by atoms with E-state index in [0.717, 1.165) is 22.6 Å². The lowest BCUT2D eigenvalue weighted by Crippen LogP contribution is -2.24. The van der Waals surface area contributed by atoms with E-state index in [1.54, 1.807) is 37.3 Å². The molecule has 0 aliphatic carbocycles. The zero-order valence-corrected chi connectivity index (χ0v) is 20.0. The molecule has 0 radical (unpaired) electrons. The van der Waals surface area contributed by atoms with E-state index >= 15 is 0 Å². The minimum Gasteiger partial charge on any atom is -0.465 e. The van der Waals surface area contributed by atoms with Gasteiger partial charge >= 0.3 is 5.97 Å². The first kappa shape index (κ1) is 22.6. The fraction of sp³-hybridized carbons (Fsp3) is 0.185. The second kappa shape index (κ2) is 8.75. The molecule has 3 aromatic rings. The van der Waals surface area contributed by atoms with Gasteiger partial charge in [0, 0.05) is 27.8 Å². The SMILES string of the molecule is COC(=O)C1=C(C)N(c2cccc(Cl)c2)C(=O)/C1=C\c1cc(C)n(-c2ccc(C)cc2)c1C. The van der Waals surface area contributed by atoms with Gasteiger partial charge in [-0.1, -0.05) is 35.4 Å². The van der Waals surface area contributed by atoms with Crippen molar-refractivity contribution in [3.8, 4) is 5.69 Å². The normalized spacial score (nSPS) is 15.0. The number of aromatic nitrogens is 1. The lowest BCUT2D eigenvalue weighted by molar-refractivity contribution is -0.136. The molecule has 0 bridgehead atoms. The number of ether oxygens (including phenoxy) is 1. The van der Waals surface area contributed by atoms with Gasteiger partial charge in [-0.05, 0) is 75.7 Å². The van der Waals surface area contributed by atoms with Crippen molar-refractivity contribution in [2.24, 2.45) is 0 Å². The summed E-state index contributed by atoms with van der Waals surface area (Å²) in [7, 11) is 1.32. The highest BCUT2D eigenvalue weighted by atomic mass is 35.5. The van der Waals surface area contributed by atoms with Gasteiger partial charge in [-0.2, -0.15) is 0 Å². The number of amides is 1. The van der Waals surface area contributed by atoms with Gasteiger partial charge in [0.1, 0.15) is 0 Å². The lowest BCUT2D eigenvalue weighted by Gasteiger charge is -2.18. The summed E-state index contributed by atoms with van der Waals surface area (Å²) in [5.41, 5.74) is 6.74. The molecule has 0 saturated heterocycles. The molecule has 0 unspecified atom stereocenters. The summed E-state index contributed by atoms with van der Waals surface area (Å²) in [4.78, 5) is 27.7. The number of carbonyl (C=O) groups excluding carboxylic acids is 2. The van der Waals surface area contributed by atoms with Crippen molar-refractivity contribution in [2.75, 3.05) is 12.0 Å². The largest absolute Gasteiger partial charge is 0.465 e. The van der Waals surface area contributed by atoms with E-state index in [2.05, 4.69) is 35.8 Å². The molecule has 2 heterocycles. The summed E-state index contributed by atoms with van der Waals surface area (Å²) < 4.78 is 7.15. The summed E-state index contributed by atoms with van der Waals surface area (Å²) in [5.74, 6) is -0.848. The molecular weight excluding hydrogens is 436 g/mol. The van der Waals surface area contributed by atoms with Crippen LogP contribution in [0.15, 0.2) is 71.4 Å². The summed E-state index contributed by atoms with van der Waals surface area (Å²) in [6.45, 7) is 7.81.